The Labute approximate surface area is 113 Å². The summed E-state index contributed by atoms with van der Waals surface area (Å²) in [5.74, 6) is 0.593. The van der Waals surface area contributed by atoms with Crippen molar-refractivity contribution in [1.29, 1.82) is 0 Å². The molecule has 0 radical (unpaired) electrons. The highest BCUT2D eigenvalue weighted by molar-refractivity contribution is 7.53. The van der Waals surface area contributed by atoms with E-state index in [-0.39, 0.29) is 13.2 Å². The van der Waals surface area contributed by atoms with Crippen molar-refractivity contribution in [1.82, 2.24) is 4.67 Å². The van der Waals surface area contributed by atoms with E-state index < -0.39 is 13.1 Å². The first-order chi connectivity index (χ1) is 7.79. The maximum atomic E-state index is 12.1. The largest absolute Gasteiger partial charge is 0.396 e. The van der Waals surface area contributed by atoms with E-state index in [4.69, 9.17) is 38.3 Å². The van der Waals surface area contributed by atoms with E-state index in [0.29, 0.717) is 24.8 Å². The van der Waals surface area contributed by atoms with Crippen molar-refractivity contribution in [3.8, 4) is 0 Å². The third-order valence-electron chi connectivity index (χ3n) is 2.15. The van der Waals surface area contributed by atoms with Crippen molar-refractivity contribution in [2.45, 2.75) is 13.8 Å². The van der Waals surface area contributed by atoms with Gasteiger partial charge in [0.25, 0.3) is 0 Å². The number of alkyl halides is 2. The van der Waals surface area contributed by atoms with Gasteiger partial charge in [-0.3, -0.25) is 4.57 Å². The number of nitrogens with zero attached hydrogens (tertiary/aromatic N) is 1. The molecule has 104 valence electrons. The molecule has 0 heterocycles. The van der Waals surface area contributed by atoms with Crippen molar-refractivity contribution in [2.24, 2.45) is 10.9 Å². The van der Waals surface area contributed by atoms with Crippen LogP contribution in [0.1, 0.15) is 13.8 Å². The Morgan fingerprint density at radius 1 is 1.35 bits per heavy atom. The summed E-state index contributed by atoms with van der Waals surface area (Å²) in [7, 11) is -3.39. The zero-order valence-corrected chi connectivity index (χ0v) is 12.6. The Kier molecular flexibility index (Phi) is 8.25. The summed E-state index contributed by atoms with van der Waals surface area (Å²) < 4.78 is 18.8. The van der Waals surface area contributed by atoms with Gasteiger partial charge in [-0.15, -0.1) is 23.2 Å². The summed E-state index contributed by atoms with van der Waals surface area (Å²) in [6.07, 6.45) is 0. The van der Waals surface area contributed by atoms with Crippen LogP contribution in [0.2, 0.25) is 0 Å². The predicted octanol–water partition coefficient (Wildman–Crippen LogP) is 1.87. The fraction of sp³-hybridized carbons (Fsp3) is 1.00. The molecule has 0 bridgehead atoms. The molecule has 0 aromatic heterocycles. The fourth-order valence-corrected chi connectivity index (χ4v) is 3.08. The Morgan fingerprint density at radius 3 is 2.18 bits per heavy atom. The average Bonchev–Trinajstić information content (AvgIpc) is 2.27. The molecule has 1 atom stereocenters. The van der Waals surface area contributed by atoms with Crippen molar-refractivity contribution < 1.29 is 14.2 Å². The molecule has 0 saturated heterocycles. The quantitative estimate of drug-likeness (QED) is 0.502. The van der Waals surface area contributed by atoms with Crippen molar-refractivity contribution in [3.63, 3.8) is 0 Å². The second kappa shape index (κ2) is 7.95. The van der Waals surface area contributed by atoms with Crippen LogP contribution in [0.4, 0.5) is 0 Å². The summed E-state index contributed by atoms with van der Waals surface area (Å²) in [4.78, 5) is 0. The molecule has 0 aromatic carbocycles. The average molecular weight is 307 g/mol. The number of hydrogen-bond donors (Lipinski definition) is 2. The van der Waals surface area contributed by atoms with Crippen LogP contribution in [0.3, 0.4) is 0 Å². The lowest BCUT2D eigenvalue weighted by atomic mass is 9.97. The highest BCUT2D eigenvalue weighted by Crippen LogP contribution is 2.43. The summed E-state index contributed by atoms with van der Waals surface area (Å²) in [5, 5.41) is 9.07. The minimum atomic E-state index is -3.39. The van der Waals surface area contributed by atoms with Crippen LogP contribution < -0.4 is 5.50 Å². The van der Waals surface area contributed by atoms with E-state index in [0.717, 1.165) is 0 Å². The lowest BCUT2D eigenvalue weighted by Gasteiger charge is -2.30. The summed E-state index contributed by atoms with van der Waals surface area (Å²) in [5.41, 5.74) is 5.17. The van der Waals surface area contributed by atoms with Crippen molar-refractivity contribution in [3.05, 3.63) is 0 Å². The van der Waals surface area contributed by atoms with E-state index in [1.807, 2.05) is 0 Å². The van der Waals surface area contributed by atoms with E-state index in [1.165, 1.54) is 4.67 Å². The van der Waals surface area contributed by atoms with Crippen LogP contribution in [-0.2, 0) is 9.09 Å². The van der Waals surface area contributed by atoms with Gasteiger partial charge in [-0.2, -0.15) is 0 Å². The highest BCUT2D eigenvalue weighted by atomic mass is 35.5. The van der Waals surface area contributed by atoms with E-state index in [9.17, 15) is 4.57 Å². The van der Waals surface area contributed by atoms with Crippen LogP contribution >= 0.6 is 30.9 Å². The molecule has 3 N–H and O–H groups in total. The standard InChI is InChI=1S/C9H21Cl2N2O3P/c1-9(2,7-14)8-16-17(12,15)13(5-3-10)6-4-11/h14H,3-8H2,1-2H3,(H2,12,15). The second-order valence-corrected chi connectivity index (χ2v) is 7.20. The molecule has 17 heavy (non-hydrogen) atoms. The molecule has 0 aliphatic rings. The lowest BCUT2D eigenvalue weighted by Crippen LogP contribution is -2.32. The molecule has 0 amide bonds. The molecule has 0 spiro atoms. The molecule has 8 heteroatoms. The van der Waals surface area contributed by atoms with Crippen LogP contribution in [0.5, 0.6) is 0 Å². The van der Waals surface area contributed by atoms with Crippen LogP contribution in [0.25, 0.3) is 0 Å². The van der Waals surface area contributed by atoms with Gasteiger partial charge in [0, 0.05) is 30.3 Å². The Morgan fingerprint density at radius 2 is 1.82 bits per heavy atom. The van der Waals surface area contributed by atoms with Gasteiger partial charge in [0.15, 0.2) is 0 Å². The summed E-state index contributed by atoms with van der Waals surface area (Å²) in [6, 6.07) is 0. The maximum Gasteiger partial charge on any atom is 0.340 e. The molecule has 0 saturated carbocycles. The van der Waals surface area contributed by atoms with Gasteiger partial charge in [0.1, 0.15) is 0 Å². The zero-order chi connectivity index (χ0) is 13.5. The molecule has 0 aliphatic carbocycles. The minimum absolute atomic E-state index is 0.0714. The van der Waals surface area contributed by atoms with Gasteiger partial charge < -0.3 is 9.63 Å². The highest BCUT2D eigenvalue weighted by Gasteiger charge is 2.29. The van der Waals surface area contributed by atoms with E-state index >= 15 is 0 Å². The fourth-order valence-electron chi connectivity index (χ4n) is 0.980. The summed E-state index contributed by atoms with van der Waals surface area (Å²) in [6.45, 7) is 4.32. The van der Waals surface area contributed by atoms with Crippen molar-refractivity contribution in [2.75, 3.05) is 38.1 Å². The third-order valence-corrected chi connectivity index (χ3v) is 4.17. The van der Waals surface area contributed by atoms with Gasteiger partial charge >= 0.3 is 7.67 Å². The van der Waals surface area contributed by atoms with Gasteiger partial charge in [-0.05, 0) is 0 Å². The first kappa shape index (κ1) is 17.6. The minimum Gasteiger partial charge on any atom is -0.396 e. The smallest absolute Gasteiger partial charge is 0.340 e. The molecule has 0 aromatic rings. The Hall–Kier alpha value is 0.650. The van der Waals surface area contributed by atoms with Crippen LogP contribution in [0.15, 0.2) is 0 Å². The van der Waals surface area contributed by atoms with Gasteiger partial charge in [-0.25, -0.2) is 10.2 Å². The number of nitrogens with two attached hydrogens (primary N) is 1. The normalized spacial score (nSPS) is 16.2. The van der Waals surface area contributed by atoms with Crippen LogP contribution in [-0.4, -0.2) is 47.8 Å². The maximum absolute atomic E-state index is 12.1. The molecule has 0 aliphatic heterocycles. The molecule has 5 nitrogen and oxygen atoms in total. The SMILES string of the molecule is CC(C)(CO)COP(N)(=O)N(CCCl)CCCl. The Bertz CT molecular complexity index is 261. The first-order valence-corrected chi connectivity index (χ1v) is 8.02. The number of aliphatic hydroxyl groups is 1. The van der Waals surface area contributed by atoms with Crippen LogP contribution in [0, 0.1) is 5.41 Å². The monoisotopic (exact) mass is 306 g/mol. The van der Waals surface area contributed by atoms with Gasteiger partial charge in [0.2, 0.25) is 0 Å². The van der Waals surface area contributed by atoms with E-state index in [1.54, 1.807) is 13.8 Å². The Balaban J connectivity index is 4.46. The van der Waals surface area contributed by atoms with E-state index in [2.05, 4.69) is 0 Å². The number of rotatable bonds is 9. The number of halogens is 2. The lowest BCUT2D eigenvalue weighted by molar-refractivity contribution is 0.0928. The predicted molar refractivity (Wildman–Crippen MR) is 71.6 cm³/mol. The molecular formula is C9H21Cl2N2O3P. The zero-order valence-electron chi connectivity index (χ0n) is 10.2. The third kappa shape index (κ3) is 6.97. The number of hydrogen-bond acceptors (Lipinski definition) is 3. The second-order valence-electron chi connectivity index (χ2n) is 4.49. The topological polar surface area (TPSA) is 75.8 Å². The first-order valence-electron chi connectivity index (χ1n) is 5.30. The van der Waals surface area contributed by atoms with Gasteiger partial charge in [-0.1, -0.05) is 13.8 Å². The molecule has 1 unspecified atom stereocenters. The van der Waals surface area contributed by atoms with Crippen molar-refractivity contribution >= 4 is 30.9 Å². The molecular weight excluding hydrogens is 286 g/mol. The summed E-state index contributed by atoms with van der Waals surface area (Å²) >= 11 is 11.2. The molecule has 0 rings (SSSR count). The number of aliphatic hydroxyl groups excluding tert-OH is 1. The molecule has 0 fully saturated rings. The van der Waals surface area contributed by atoms with Gasteiger partial charge in [0.05, 0.1) is 13.2 Å².